The van der Waals surface area contributed by atoms with Gasteiger partial charge in [0, 0.05) is 31.0 Å². The van der Waals surface area contributed by atoms with E-state index in [2.05, 4.69) is 41.5 Å². The molecule has 2 aliphatic heterocycles. The van der Waals surface area contributed by atoms with Crippen LogP contribution in [0.1, 0.15) is 18.4 Å². The molecule has 3 nitrogen and oxygen atoms in total. The van der Waals surface area contributed by atoms with Crippen molar-refractivity contribution >= 4 is 17.3 Å². The average Bonchev–Trinajstić information content (AvgIpc) is 3.07. The summed E-state index contributed by atoms with van der Waals surface area (Å²) in [6, 6.07) is 8.91. The molecule has 0 spiro atoms. The van der Waals surface area contributed by atoms with Crippen LogP contribution >= 0.6 is 11.8 Å². The molecular formula is C17H23NO2S. The van der Waals surface area contributed by atoms with Gasteiger partial charge in [0.1, 0.15) is 0 Å². The van der Waals surface area contributed by atoms with E-state index in [0.29, 0.717) is 0 Å². The molecule has 0 aromatic heterocycles. The fraction of sp³-hybridized carbons (Fsp3) is 0.529. The molecule has 3 rings (SSSR count). The molecule has 0 radical (unpaired) electrons. The van der Waals surface area contributed by atoms with Gasteiger partial charge in [0.25, 0.3) is 0 Å². The van der Waals surface area contributed by atoms with Crippen molar-refractivity contribution in [1.82, 2.24) is 4.90 Å². The molecule has 0 bridgehead atoms. The molecule has 0 saturated carbocycles. The van der Waals surface area contributed by atoms with Crippen LogP contribution in [-0.2, 0) is 9.47 Å². The third kappa shape index (κ3) is 4.10. The van der Waals surface area contributed by atoms with Gasteiger partial charge >= 0.3 is 0 Å². The Hall–Kier alpha value is -0.810. The van der Waals surface area contributed by atoms with Crippen LogP contribution in [0.5, 0.6) is 0 Å². The van der Waals surface area contributed by atoms with Crippen molar-refractivity contribution in [3.63, 3.8) is 0 Å². The highest BCUT2D eigenvalue weighted by atomic mass is 32.2. The molecule has 0 N–H and O–H groups in total. The summed E-state index contributed by atoms with van der Waals surface area (Å²) in [7, 11) is 0. The maximum absolute atomic E-state index is 5.49. The van der Waals surface area contributed by atoms with Crippen LogP contribution in [0.2, 0.25) is 0 Å². The van der Waals surface area contributed by atoms with E-state index < -0.39 is 0 Å². The molecule has 2 heterocycles. The highest BCUT2D eigenvalue weighted by Crippen LogP contribution is 2.25. The van der Waals surface area contributed by atoms with Crippen molar-refractivity contribution in [2.45, 2.75) is 24.0 Å². The van der Waals surface area contributed by atoms with Gasteiger partial charge in [-0.2, -0.15) is 0 Å². The lowest BCUT2D eigenvalue weighted by Gasteiger charge is -2.27. The normalized spacial score (nSPS) is 20.7. The van der Waals surface area contributed by atoms with Gasteiger partial charge in [-0.3, -0.25) is 4.90 Å². The van der Waals surface area contributed by atoms with Gasteiger partial charge in [0.15, 0.2) is 6.29 Å². The standard InChI is InChI=1S/C17H23NO2S/c1-21-16-4-2-14(3-5-16)15-6-9-18(10-7-15)11-8-17-19-12-13-20-17/h2-6,17H,7-13H2,1H3. The van der Waals surface area contributed by atoms with Crippen LogP contribution in [0, 0.1) is 0 Å². The van der Waals surface area contributed by atoms with E-state index >= 15 is 0 Å². The lowest BCUT2D eigenvalue weighted by Crippen LogP contribution is -2.31. The topological polar surface area (TPSA) is 21.7 Å². The van der Waals surface area contributed by atoms with Gasteiger partial charge in [-0.1, -0.05) is 18.2 Å². The summed E-state index contributed by atoms with van der Waals surface area (Å²) in [6.07, 6.45) is 6.61. The summed E-state index contributed by atoms with van der Waals surface area (Å²) in [5.74, 6) is 0. The summed E-state index contributed by atoms with van der Waals surface area (Å²) in [5.41, 5.74) is 2.85. The lowest BCUT2D eigenvalue weighted by atomic mass is 9.99. The SMILES string of the molecule is CSc1ccc(C2=CCN(CCC3OCCO3)CC2)cc1. The Balaban J connectivity index is 1.50. The smallest absolute Gasteiger partial charge is 0.159 e. The van der Waals surface area contributed by atoms with E-state index in [4.69, 9.17) is 9.47 Å². The molecular weight excluding hydrogens is 282 g/mol. The van der Waals surface area contributed by atoms with E-state index in [9.17, 15) is 0 Å². The van der Waals surface area contributed by atoms with Crippen molar-refractivity contribution in [3.05, 3.63) is 35.9 Å². The third-order valence-electron chi connectivity index (χ3n) is 4.13. The molecule has 0 amide bonds. The Labute approximate surface area is 131 Å². The number of nitrogens with zero attached hydrogens (tertiary/aromatic N) is 1. The molecule has 0 unspecified atom stereocenters. The quantitative estimate of drug-likeness (QED) is 0.778. The van der Waals surface area contributed by atoms with E-state index in [1.54, 1.807) is 11.8 Å². The first-order chi connectivity index (χ1) is 10.3. The van der Waals surface area contributed by atoms with Crippen LogP contribution in [0.25, 0.3) is 5.57 Å². The minimum absolute atomic E-state index is 0.0227. The van der Waals surface area contributed by atoms with Gasteiger partial charge in [-0.15, -0.1) is 11.8 Å². The number of hydrogen-bond acceptors (Lipinski definition) is 4. The van der Waals surface area contributed by atoms with Crippen LogP contribution in [0.4, 0.5) is 0 Å². The molecule has 4 heteroatoms. The minimum atomic E-state index is 0.0227. The first kappa shape index (κ1) is 15.1. The predicted molar refractivity (Wildman–Crippen MR) is 87.6 cm³/mol. The second-order valence-electron chi connectivity index (χ2n) is 5.47. The monoisotopic (exact) mass is 305 g/mol. The van der Waals surface area contributed by atoms with Crippen LogP contribution < -0.4 is 0 Å². The second-order valence-corrected chi connectivity index (χ2v) is 6.35. The zero-order valence-corrected chi connectivity index (χ0v) is 13.4. The number of hydrogen-bond donors (Lipinski definition) is 0. The van der Waals surface area contributed by atoms with Crippen LogP contribution in [0.15, 0.2) is 35.2 Å². The van der Waals surface area contributed by atoms with E-state index in [-0.39, 0.29) is 6.29 Å². The zero-order valence-electron chi connectivity index (χ0n) is 12.6. The number of thioether (sulfide) groups is 1. The Morgan fingerprint density at radius 2 is 1.95 bits per heavy atom. The maximum atomic E-state index is 5.49. The van der Waals surface area contributed by atoms with Crippen LogP contribution in [0.3, 0.4) is 0 Å². The number of rotatable bonds is 5. The summed E-state index contributed by atoms with van der Waals surface area (Å²) < 4.78 is 11.0. The third-order valence-corrected chi connectivity index (χ3v) is 4.87. The highest BCUT2D eigenvalue weighted by Gasteiger charge is 2.18. The van der Waals surface area contributed by atoms with Gasteiger partial charge < -0.3 is 9.47 Å². The Morgan fingerprint density at radius 1 is 1.19 bits per heavy atom. The van der Waals surface area contributed by atoms with Crippen LogP contribution in [-0.4, -0.2) is 50.3 Å². The Kier molecular flexibility index (Phi) is 5.36. The molecule has 114 valence electrons. The predicted octanol–water partition coefficient (Wildman–Crippen LogP) is 3.26. The highest BCUT2D eigenvalue weighted by molar-refractivity contribution is 7.98. The Bertz CT molecular complexity index is 480. The second kappa shape index (κ2) is 7.45. The van der Waals surface area contributed by atoms with E-state index in [1.807, 2.05) is 0 Å². The molecule has 1 saturated heterocycles. The number of ether oxygens (including phenoxy) is 2. The summed E-state index contributed by atoms with van der Waals surface area (Å²) >= 11 is 1.79. The van der Waals surface area contributed by atoms with Crippen molar-refractivity contribution in [1.29, 1.82) is 0 Å². The first-order valence-electron chi connectivity index (χ1n) is 7.64. The van der Waals surface area contributed by atoms with Crippen molar-refractivity contribution in [3.8, 4) is 0 Å². The van der Waals surface area contributed by atoms with Crippen molar-refractivity contribution < 1.29 is 9.47 Å². The Morgan fingerprint density at radius 3 is 2.57 bits per heavy atom. The fourth-order valence-corrected chi connectivity index (χ4v) is 3.25. The number of benzene rings is 1. The van der Waals surface area contributed by atoms with Gasteiger partial charge in [0.2, 0.25) is 0 Å². The molecule has 0 atom stereocenters. The first-order valence-corrected chi connectivity index (χ1v) is 8.86. The lowest BCUT2D eigenvalue weighted by molar-refractivity contribution is -0.0511. The average molecular weight is 305 g/mol. The molecule has 21 heavy (non-hydrogen) atoms. The van der Waals surface area contributed by atoms with Crippen molar-refractivity contribution in [2.75, 3.05) is 39.1 Å². The van der Waals surface area contributed by atoms with Gasteiger partial charge in [-0.05, 0) is 35.9 Å². The largest absolute Gasteiger partial charge is 0.350 e. The van der Waals surface area contributed by atoms with E-state index in [1.165, 1.54) is 16.0 Å². The summed E-state index contributed by atoms with van der Waals surface area (Å²) in [5, 5.41) is 0. The van der Waals surface area contributed by atoms with Gasteiger partial charge in [0.05, 0.1) is 13.2 Å². The zero-order chi connectivity index (χ0) is 14.5. The maximum Gasteiger partial charge on any atom is 0.159 e. The summed E-state index contributed by atoms with van der Waals surface area (Å²) in [6.45, 7) is 4.72. The molecule has 1 fully saturated rings. The summed E-state index contributed by atoms with van der Waals surface area (Å²) in [4.78, 5) is 3.80. The van der Waals surface area contributed by atoms with Gasteiger partial charge in [-0.25, -0.2) is 0 Å². The van der Waals surface area contributed by atoms with Crippen molar-refractivity contribution in [2.24, 2.45) is 0 Å². The van der Waals surface area contributed by atoms with E-state index in [0.717, 1.165) is 45.7 Å². The molecule has 0 aliphatic carbocycles. The molecule has 1 aromatic rings. The minimum Gasteiger partial charge on any atom is -0.350 e. The molecule has 1 aromatic carbocycles. The fourth-order valence-electron chi connectivity index (χ4n) is 2.84. The molecule has 2 aliphatic rings.